The Bertz CT molecular complexity index is 612. The summed E-state index contributed by atoms with van der Waals surface area (Å²) in [4.78, 5) is 20.0. The van der Waals surface area contributed by atoms with Crippen LogP contribution in [0.15, 0.2) is 17.8 Å². The van der Waals surface area contributed by atoms with Gasteiger partial charge in [-0.2, -0.15) is 5.10 Å². The maximum Gasteiger partial charge on any atom is 0.354 e. The second-order valence-corrected chi connectivity index (χ2v) is 7.29. The normalized spacial score (nSPS) is 14.0. The minimum atomic E-state index is -0.336. The molecule has 0 aliphatic heterocycles. The molecule has 160 valence electrons. The van der Waals surface area contributed by atoms with Crippen molar-refractivity contribution in [3.05, 3.63) is 23.5 Å². The van der Waals surface area contributed by atoms with Crippen molar-refractivity contribution in [3.63, 3.8) is 0 Å². The van der Waals surface area contributed by atoms with Gasteiger partial charge in [-0.25, -0.2) is 9.48 Å². The molecule has 0 amide bonds. The third-order valence-electron chi connectivity index (χ3n) is 4.22. The maximum absolute atomic E-state index is 12.0. The van der Waals surface area contributed by atoms with Crippen LogP contribution in [-0.2, 0) is 24.6 Å². The highest BCUT2D eigenvalue weighted by Crippen LogP contribution is 2.37. The van der Waals surface area contributed by atoms with Gasteiger partial charge in [-0.05, 0) is 54.4 Å². The Morgan fingerprint density at radius 3 is 2.25 bits per heavy atom. The summed E-state index contributed by atoms with van der Waals surface area (Å²) in [5, 5.41) is 7.97. The average Bonchev–Trinajstić information content (AvgIpc) is 3.04. The molecule has 7 nitrogen and oxygen atoms in total. The van der Waals surface area contributed by atoms with Gasteiger partial charge in [0.05, 0.1) is 17.8 Å². The molecule has 0 saturated heterocycles. The van der Waals surface area contributed by atoms with Gasteiger partial charge in [0.25, 0.3) is 0 Å². The van der Waals surface area contributed by atoms with Crippen LogP contribution in [-0.4, -0.2) is 42.9 Å². The van der Waals surface area contributed by atoms with Crippen molar-refractivity contribution in [1.82, 2.24) is 9.78 Å². The molecule has 0 unspecified atom stereocenters. The summed E-state index contributed by atoms with van der Waals surface area (Å²) in [6.45, 7) is 15.1. The molecular formula is C21H37N3O4. The van der Waals surface area contributed by atoms with E-state index in [1.807, 2.05) is 25.3 Å². The lowest BCUT2D eigenvalue weighted by Crippen LogP contribution is -2.26. The lowest BCUT2D eigenvalue weighted by Gasteiger charge is -2.24. The molecular weight excluding hydrogens is 358 g/mol. The van der Waals surface area contributed by atoms with Gasteiger partial charge in [-0.1, -0.05) is 12.5 Å². The summed E-state index contributed by atoms with van der Waals surface area (Å²) in [5.74, 6) is 1.06. The van der Waals surface area contributed by atoms with E-state index < -0.39 is 0 Å². The summed E-state index contributed by atoms with van der Waals surface area (Å²) < 4.78 is 11.6. The lowest BCUT2D eigenvalue weighted by molar-refractivity contribution is -0.138. The molecule has 1 N–H and O–H groups in total. The number of rotatable bonds is 6. The molecule has 1 aliphatic rings. The number of aromatic nitrogens is 2. The zero-order valence-corrected chi connectivity index (χ0v) is 18.5. The van der Waals surface area contributed by atoms with Crippen LogP contribution in [0.2, 0.25) is 0 Å². The molecule has 1 aliphatic carbocycles. The van der Waals surface area contributed by atoms with E-state index in [9.17, 15) is 4.79 Å². The van der Waals surface area contributed by atoms with Crippen LogP contribution in [0.3, 0.4) is 0 Å². The molecule has 1 aromatic rings. The van der Waals surface area contributed by atoms with Crippen molar-refractivity contribution in [2.45, 2.75) is 72.3 Å². The zero-order chi connectivity index (χ0) is 21.7. The summed E-state index contributed by atoms with van der Waals surface area (Å²) in [6.07, 6.45) is 5.42. The fourth-order valence-electron chi connectivity index (χ4n) is 2.49. The third kappa shape index (κ3) is 7.84. The molecule has 2 rings (SSSR count). The van der Waals surface area contributed by atoms with Gasteiger partial charge in [0.15, 0.2) is 0 Å². The van der Waals surface area contributed by atoms with E-state index in [2.05, 4.69) is 36.9 Å². The van der Waals surface area contributed by atoms with Gasteiger partial charge in [0.2, 0.25) is 0 Å². The number of esters is 1. The number of nitrogens with zero attached hydrogens (tertiary/aromatic N) is 2. The predicted octanol–water partition coefficient (Wildman–Crippen LogP) is 4.25. The van der Waals surface area contributed by atoms with Crippen molar-refractivity contribution < 1.29 is 19.1 Å². The second kappa shape index (κ2) is 13.1. The molecule has 0 atom stereocenters. The summed E-state index contributed by atoms with van der Waals surface area (Å²) in [5.41, 5.74) is 1.41. The SMILES string of the molecule is C/C=C(/Nc1cc(C2CCC2)nn1C(C)(C)C)C(=O)OCC.C=O.CCOC. The largest absolute Gasteiger partial charge is 0.461 e. The number of hydrogen-bond donors (Lipinski definition) is 1. The van der Waals surface area contributed by atoms with Crippen LogP contribution in [0, 0.1) is 0 Å². The highest BCUT2D eigenvalue weighted by atomic mass is 16.5. The highest BCUT2D eigenvalue weighted by Gasteiger charge is 2.27. The van der Waals surface area contributed by atoms with Crippen molar-refractivity contribution >= 4 is 18.6 Å². The van der Waals surface area contributed by atoms with Gasteiger partial charge < -0.3 is 19.6 Å². The topological polar surface area (TPSA) is 82.5 Å². The molecule has 0 spiro atoms. The first kappa shape index (κ1) is 25.9. The molecule has 0 aromatic carbocycles. The van der Waals surface area contributed by atoms with Crippen LogP contribution in [0.4, 0.5) is 5.82 Å². The first-order valence-electron chi connectivity index (χ1n) is 9.77. The smallest absolute Gasteiger partial charge is 0.354 e. The third-order valence-corrected chi connectivity index (χ3v) is 4.22. The molecule has 7 heteroatoms. The number of carbonyl (C=O) groups excluding carboxylic acids is 2. The Balaban J connectivity index is 0.00000108. The molecule has 1 heterocycles. The van der Waals surface area contributed by atoms with Crippen LogP contribution in [0.5, 0.6) is 0 Å². The number of methoxy groups -OCH3 is 1. The zero-order valence-electron chi connectivity index (χ0n) is 18.5. The van der Waals surface area contributed by atoms with Gasteiger partial charge in [0, 0.05) is 25.7 Å². The van der Waals surface area contributed by atoms with E-state index in [1.54, 1.807) is 20.1 Å². The highest BCUT2D eigenvalue weighted by molar-refractivity contribution is 5.91. The van der Waals surface area contributed by atoms with Crippen LogP contribution >= 0.6 is 0 Å². The van der Waals surface area contributed by atoms with E-state index in [1.165, 1.54) is 19.3 Å². The minimum absolute atomic E-state index is 0.155. The molecule has 0 bridgehead atoms. The fraction of sp³-hybridized carbons (Fsp3) is 0.667. The maximum atomic E-state index is 12.0. The number of hydrogen-bond acceptors (Lipinski definition) is 6. The van der Waals surface area contributed by atoms with E-state index in [4.69, 9.17) is 14.6 Å². The van der Waals surface area contributed by atoms with Gasteiger partial charge in [-0.15, -0.1) is 0 Å². The van der Waals surface area contributed by atoms with E-state index in [0.717, 1.165) is 18.1 Å². The predicted molar refractivity (Wildman–Crippen MR) is 112 cm³/mol. The van der Waals surface area contributed by atoms with Crippen molar-refractivity contribution in [2.75, 3.05) is 25.6 Å². The van der Waals surface area contributed by atoms with E-state index in [0.29, 0.717) is 18.2 Å². The quantitative estimate of drug-likeness (QED) is 0.573. The van der Waals surface area contributed by atoms with Crippen LogP contribution in [0.25, 0.3) is 0 Å². The summed E-state index contributed by atoms with van der Waals surface area (Å²) in [7, 11) is 1.68. The first-order chi connectivity index (χ1) is 13.3. The Kier molecular flexibility index (Phi) is 12.1. The monoisotopic (exact) mass is 395 g/mol. The Hall–Kier alpha value is -2.15. The number of anilines is 1. The van der Waals surface area contributed by atoms with Gasteiger partial charge >= 0.3 is 5.97 Å². The average molecular weight is 396 g/mol. The molecule has 1 fully saturated rings. The standard InChI is InChI=1S/C17H27N3O2.C3H8O.CH2O/c1-6-13(16(21)22-7-2)18-15-11-14(12-9-8-10-12)19-20(15)17(3,4)5;1-3-4-2;1-2/h6,11-12,18H,7-10H2,1-5H3;3H2,1-2H3;1H2/b13-6+;;. The summed E-state index contributed by atoms with van der Waals surface area (Å²) >= 11 is 0. The second-order valence-electron chi connectivity index (χ2n) is 7.29. The number of nitrogens with one attached hydrogen (secondary N) is 1. The van der Waals surface area contributed by atoms with Crippen LogP contribution < -0.4 is 5.32 Å². The molecule has 0 radical (unpaired) electrons. The number of carbonyl (C=O) groups is 2. The minimum Gasteiger partial charge on any atom is -0.461 e. The summed E-state index contributed by atoms with van der Waals surface area (Å²) in [6, 6.07) is 2.07. The number of allylic oxidation sites excluding steroid dienone is 1. The Morgan fingerprint density at radius 1 is 1.32 bits per heavy atom. The number of ether oxygens (including phenoxy) is 2. The van der Waals surface area contributed by atoms with Crippen molar-refractivity contribution in [1.29, 1.82) is 0 Å². The van der Waals surface area contributed by atoms with E-state index >= 15 is 0 Å². The van der Waals surface area contributed by atoms with Crippen LogP contribution in [0.1, 0.15) is 72.4 Å². The van der Waals surface area contributed by atoms with Gasteiger partial charge in [-0.3, -0.25) is 0 Å². The van der Waals surface area contributed by atoms with Crippen molar-refractivity contribution in [2.24, 2.45) is 0 Å². The molecule has 1 saturated carbocycles. The van der Waals surface area contributed by atoms with Crippen molar-refractivity contribution in [3.8, 4) is 0 Å². The Labute approximate surface area is 169 Å². The fourth-order valence-corrected chi connectivity index (χ4v) is 2.49. The van der Waals surface area contributed by atoms with E-state index in [-0.39, 0.29) is 11.5 Å². The lowest BCUT2D eigenvalue weighted by atomic mass is 9.83. The Morgan fingerprint density at radius 2 is 1.89 bits per heavy atom. The molecule has 28 heavy (non-hydrogen) atoms. The van der Waals surface area contributed by atoms with Gasteiger partial charge in [0.1, 0.15) is 18.3 Å². The first-order valence-corrected chi connectivity index (χ1v) is 9.77. The molecule has 1 aromatic heterocycles.